The molecule has 15 heavy (non-hydrogen) atoms. The molecule has 2 atom stereocenters. The van der Waals surface area contributed by atoms with Gasteiger partial charge in [-0.05, 0) is 18.8 Å². The second kappa shape index (κ2) is 4.47. The van der Waals surface area contributed by atoms with Crippen LogP contribution in [0.5, 0.6) is 5.75 Å². The molecule has 4 nitrogen and oxygen atoms in total. The second-order valence-electron chi connectivity index (χ2n) is 4.11. The van der Waals surface area contributed by atoms with Gasteiger partial charge in [0.25, 0.3) is 0 Å². The number of aromatic nitrogens is 2. The monoisotopic (exact) mass is 207 g/mol. The van der Waals surface area contributed by atoms with Crippen LogP contribution in [0.3, 0.4) is 0 Å². The molecule has 82 valence electrons. The molecule has 0 radical (unpaired) electrons. The van der Waals surface area contributed by atoms with Gasteiger partial charge in [-0.25, -0.2) is 9.97 Å². The van der Waals surface area contributed by atoms with E-state index >= 15 is 0 Å². The normalized spacial score (nSPS) is 25.2. The molecule has 1 aliphatic carbocycles. The van der Waals surface area contributed by atoms with Gasteiger partial charge in [-0.1, -0.05) is 13.3 Å². The Labute approximate surface area is 90.1 Å². The molecule has 2 unspecified atom stereocenters. The van der Waals surface area contributed by atoms with Gasteiger partial charge in [0.15, 0.2) is 5.75 Å². The van der Waals surface area contributed by atoms with Crippen molar-refractivity contribution in [2.24, 2.45) is 5.92 Å². The van der Waals surface area contributed by atoms with E-state index < -0.39 is 0 Å². The summed E-state index contributed by atoms with van der Waals surface area (Å²) in [5, 5.41) is 3.36. The minimum absolute atomic E-state index is 0.526. The van der Waals surface area contributed by atoms with Crippen LogP contribution in [-0.4, -0.2) is 23.1 Å². The van der Waals surface area contributed by atoms with E-state index in [0.29, 0.717) is 17.7 Å². The fraction of sp³-hybridized carbons (Fsp3) is 0.636. The lowest BCUT2D eigenvalue weighted by atomic mass is 10.1. The Morgan fingerprint density at radius 3 is 2.60 bits per heavy atom. The molecular weight excluding hydrogens is 190 g/mol. The average molecular weight is 207 g/mol. The maximum absolute atomic E-state index is 5.01. The van der Waals surface area contributed by atoms with Crippen molar-refractivity contribution >= 4 is 5.95 Å². The molecule has 4 heteroatoms. The Bertz CT molecular complexity index is 312. The SMILES string of the molecule is COc1cnc(NC2CCCC2C)nc1. The quantitative estimate of drug-likeness (QED) is 0.824. The van der Waals surface area contributed by atoms with Crippen molar-refractivity contribution in [3.05, 3.63) is 12.4 Å². The van der Waals surface area contributed by atoms with Crippen LogP contribution in [-0.2, 0) is 0 Å². The first-order valence-electron chi connectivity index (χ1n) is 5.42. The molecular formula is C11H17N3O. The Hall–Kier alpha value is -1.32. The number of nitrogens with one attached hydrogen (secondary N) is 1. The van der Waals surface area contributed by atoms with Gasteiger partial charge < -0.3 is 10.1 Å². The van der Waals surface area contributed by atoms with E-state index in [4.69, 9.17) is 4.74 Å². The number of methoxy groups -OCH3 is 1. The number of anilines is 1. The summed E-state index contributed by atoms with van der Waals surface area (Å²) in [7, 11) is 1.62. The van der Waals surface area contributed by atoms with Gasteiger partial charge in [0.1, 0.15) is 0 Å². The highest BCUT2D eigenvalue weighted by molar-refractivity contribution is 5.28. The molecule has 0 aliphatic heterocycles. The molecule has 1 fully saturated rings. The smallest absolute Gasteiger partial charge is 0.223 e. The largest absolute Gasteiger partial charge is 0.494 e. The van der Waals surface area contributed by atoms with Crippen LogP contribution < -0.4 is 10.1 Å². The standard InChI is InChI=1S/C11H17N3O/c1-8-4-3-5-10(8)14-11-12-6-9(15-2)7-13-11/h6-8,10H,3-5H2,1-2H3,(H,12,13,14). The number of nitrogens with zero attached hydrogens (tertiary/aromatic N) is 2. The summed E-state index contributed by atoms with van der Waals surface area (Å²) in [6.07, 6.45) is 7.20. The summed E-state index contributed by atoms with van der Waals surface area (Å²) >= 11 is 0. The highest BCUT2D eigenvalue weighted by Gasteiger charge is 2.23. The predicted octanol–water partition coefficient (Wildman–Crippen LogP) is 2.09. The maximum atomic E-state index is 5.01. The molecule has 0 amide bonds. The van der Waals surface area contributed by atoms with Crippen molar-refractivity contribution in [1.29, 1.82) is 0 Å². The lowest BCUT2D eigenvalue weighted by Crippen LogP contribution is -2.23. The van der Waals surface area contributed by atoms with E-state index in [1.54, 1.807) is 19.5 Å². The third-order valence-electron chi connectivity index (χ3n) is 3.04. The van der Waals surface area contributed by atoms with Crippen LogP contribution in [0.15, 0.2) is 12.4 Å². The van der Waals surface area contributed by atoms with Crippen molar-refractivity contribution in [3.8, 4) is 5.75 Å². The van der Waals surface area contributed by atoms with Crippen molar-refractivity contribution in [1.82, 2.24) is 9.97 Å². The molecule has 0 bridgehead atoms. The molecule has 2 rings (SSSR count). The zero-order valence-corrected chi connectivity index (χ0v) is 9.23. The highest BCUT2D eigenvalue weighted by Crippen LogP contribution is 2.26. The Balaban J connectivity index is 1.98. The van der Waals surface area contributed by atoms with Gasteiger partial charge in [-0.3, -0.25) is 0 Å². The van der Waals surface area contributed by atoms with E-state index in [1.165, 1.54) is 19.3 Å². The lowest BCUT2D eigenvalue weighted by Gasteiger charge is -2.16. The molecule has 0 saturated heterocycles. The maximum Gasteiger partial charge on any atom is 0.223 e. The molecule has 0 spiro atoms. The van der Waals surface area contributed by atoms with E-state index in [2.05, 4.69) is 22.2 Å². The van der Waals surface area contributed by atoms with Gasteiger partial charge in [-0.15, -0.1) is 0 Å². The van der Waals surface area contributed by atoms with Crippen molar-refractivity contribution in [2.75, 3.05) is 12.4 Å². The second-order valence-corrected chi connectivity index (χ2v) is 4.11. The summed E-state index contributed by atoms with van der Waals surface area (Å²) in [4.78, 5) is 8.40. The summed E-state index contributed by atoms with van der Waals surface area (Å²) in [6.45, 7) is 2.27. The van der Waals surface area contributed by atoms with Crippen molar-refractivity contribution in [2.45, 2.75) is 32.2 Å². The number of rotatable bonds is 3. The van der Waals surface area contributed by atoms with Crippen molar-refractivity contribution < 1.29 is 4.74 Å². The highest BCUT2D eigenvalue weighted by atomic mass is 16.5. The summed E-state index contributed by atoms with van der Waals surface area (Å²) in [5.41, 5.74) is 0. The van der Waals surface area contributed by atoms with Crippen LogP contribution in [0.1, 0.15) is 26.2 Å². The van der Waals surface area contributed by atoms with Gasteiger partial charge in [0.2, 0.25) is 5.95 Å². The Kier molecular flexibility index (Phi) is 3.04. The van der Waals surface area contributed by atoms with Gasteiger partial charge in [0, 0.05) is 6.04 Å². The van der Waals surface area contributed by atoms with Gasteiger partial charge >= 0.3 is 0 Å². The van der Waals surface area contributed by atoms with E-state index in [0.717, 1.165) is 5.92 Å². The van der Waals surface area contributed by atoms with E-state index in [9.17, 15) is 0 Å². The molecule has 1 aromatic heterocycles. The first-order valence-corrected chi connectivity index (χ1v) is 5.42. The fourth-order valence-corrected chi connectivity index (χ4v) is 2.02. The third kappa shape index (κ3) is 2.37. The summed E-state index contributed by atoms with van der Waals surface area (Å²) in [5.74, 6) is 2.12. The summed E-state index contributed by atoms with van der Waals surface area (Å²) < 4.78 is 5.01. The lowest BCUT2D eigenvalue weighted by molar-refractivity contribution is 0.410. The first kappa shape index (κ1) is 10.2. The predicted molar refractivity (Wildman–Crippen MR) is 59.0 cm³/mol. The van der Waals surface area contributed by atoms with Crippen LogP contribution in [0.4, 0.5) is 5.95 Å². The van der Waals surface area contributed by atoms with Crippen LogP contribution in [0, 0.1) is 5.92 Å². The molecule has 0 aromatic carbocycles. The number of ether oxygens (including phenoxy) is 1. The molecule has 1 N–H and O–H groups in total. The molecule has 1 heterocycles. The van der Waals surface area contributed by atoms with Crippen molar-refractivity contribution in [3.63, 3.8) is 0 Å². The average Bonchev–Trinajstić information content (AvgIpc) is 2.66. The fourth-order valence-electron chi connectivity index (χ4n) is 2.02. The molecule has 1 aliphatic rings. The number of hydrogen-bond acceptors (Lipinski definition) is 4. The molecule has 1 saturated carbocycles. The first-order chi connectivity index (χ1) is 7.29. The van der Waals surface area contributed by atoms with Crippen LogP contribution in [0.2, 0.25) is 0 Å². The topological polar surface area (TPSA) is 47.0 Å². The minimum atomic E-state index is 0.526. The van der Waals surface area contributed by atoms with Gasteiger partial charge in [-0.2, -0.15) is 0 Å². The number of hydrogen-bond donors (Lipinski definition) is 1. The van der Waals surface area contributed by atoms with E-state index in [-0.39, 0.29) is 0 Å². The van der Waals surface area contributed by atoms with Gasteiger partial charge in [0.05, 0.1) is 19.5 Å². The zero-order chi connectivity index (χ0) is 10.7. The third-order valence-corrected chi connectivity index (χ3v) is 3.04. The van der Waals surface area contributed by atoms with Crippen LogP contribution >= 0.6 is 0 Å². The van der Waals surface area contributed by atoms with Crippen LogP contribution in [0.25, 0.3) is 0 Å². The molecule has 1 aromatic rings. The zero-order valence-electron chi connectivity index (χ0n) is 9.23. The minimum Gasteiger partial charge on any atom is -0.494 e. The van der Waals surface area contributed by atoms with E-state index in [1.807, 2.05) is 0 Å². The summed E-state index contributed by atoms with van der Waals surface area (Å²) in [6, 6.07) is 0.526. The Morgan fingerprint density at radius 2 is 2.07 bits per heavy atom. The Morgan fingerprint density at radius 1 is 1.33 bits per heavy atom.